The highest BCUT2D eigenvalue weighted by molar-refractivity contribution is 5.84. The molecular weight excluding hydrogens is 208 g/mol. The molecule has 0 aliphatic heterocycles. The van der Waals surface area contributed by atoms with Gasteiger partial charge in [-0.1, -0.05) is 36.4 Å². The number of fused-ring (bicyclic) bond motifs is 1. The van der Waals surface area contributed by atoms with Crippen molar-refractivity contribution in [1.82, 2.24) is 4.57 Å². The summed E-state index contributed by atoms with van der Waals surface area (Å²) in [4.78, 5) is 0. The first-order valence-electron chi connectivity index (χ1n) is 5.72. The third-order valence-electron chi connectivity index (χ3n) is 3.10. The average molecular weight is 220 g/mol. The minimum Gasteiger partial charge on any atom is -0.323 e. The van der Waals surface area contributed by atoms with E-state index in [0.717, 1.165) is 12.1 Å². The van der Waals surface area contributed by atoms with Gasteiger partial charge in [0.2, 0.25) is 0 Å². The lowest BCUT2D eigenvalue weighted by Crippen LogP contribution is -1.99. The fourth-order valence-corrected chi connectivity index (χ4v) is 2.13. The van der Waals surface area contributed by atoms with Gasteiger partial charge in [-0.25, -0.2) is 0 Å². The maximum Gasteiger partial charge on any atom is 0.0700 e. The molecule has 3 rings (SSSR count). The molecular formula is C15H12N2. The highest BCUT2D eigenvalue weighted by atomic mass is 15.0. The van der Waals surface area contributed by atoms with Crippen LogP contribution >= 0.6 is 0 Å². The van der Waals surface area contributed by atoms with Crippen molar-refractivity contribution in [2.45, 2.75) is 6.42 Å². The van der Waals surface area contributed by atoms with Gasteiger partial charge >= 0.3 is 0 Å². The molecule has 2 nitrogen and oxygen atoms in total. The number of nitrogens with zero attached hydrogens (tertiary/aromatic N) is 2. The van der Waals surface area contributed by atoms with Crippen molar-refractivity contribution in [2.75, 3.05) is 0 Å². The molecule has 17 heavy (non-hydrogen) atoms. The molecule has 1 atom stereocenters. The van der Waals surface area contributed by atoms with Crippen LogP contribution in [0, 0.1) is 17.2 Å². The normalized spacial score (nSPS) is 19.0. The second-order valence-electron chi connectivity index (χ2n) is 4.25. The summed E-state index contributed by atoms with van der Waals surface area (Å²) in [6.07, 6.45) is 11.2. The van der Waals surface area contributed by atoms with Crippen molar-refractivity contribution in [2.24, 2.45) is 5.92 Å². The number of aromatic nitrogens is 1. The molecule has 0 bridgehead atoms. The van der Waals surface area contributed by atoms with E-state index in [2.05, 4.69) is 41.2 Å². The molecule has 0 fully saturated rings. The van der Waals surface area contributed by atoms with Crippen LogP contribution in [0.1, 0.15) is 6.42 Å². The van der Waals surface area contributed by atoms with Gasteiger partial charge in [0, 0.05) is 18.1 Å². The van der Waals surface area contributed by atoms with Crippen molar-refractivity contribution in [3.63, 3.8) is 0 Å². The lowest BCUT2D eigenvalue weighted by molar-refractivity contribution is 0.832. The Kier molecular flexibility index (Phi) is 2.31. The van der Waals surface area contributed by atoms with Gasteiger partial charge in [-0.3, -0.25) is 0 Å². The predicted molar refractivity (Wildman–Crippen MR) is 69.1 cm³/mol. The van der Waals surface area contributed by atoms with Crippen LogP contribution < -0.4 is 0 Å². The van der Waals surface area contributed by atoms with Gasteiger partial charge in [-0.15, -0.1) is 0 Å². The van der Waals surface area contributed by atoms with Crippen LogP contribution in [-0.2, 0) is 0 Å². The summed E-state index contributed by atoms with van der Waals surface area (Å²) < 4.78 is 2.12. The molecule has 0 radical (unpaired) electrons. The topological polar surface area (TPSA) is 28.7 Å². The van der Waals surface area contributed by atoms with E-state index in [0.29, 0.717) is 0 Å². The summed E-state index contributed by atoms with van der Waals surface area (Å²) in [6, 6.07) is 10.6. The molecule has 0 spiro atoms. The van der Waals surface area contributed by atoms with Gasteiger partial charge in [0.05, 0.1) is 12.0 Å². The number of benzene rings is 1. The molecule has 1 aromatic carbocycles. The lowest BCUT2D eigenvalue weighted by Gasteiger charge is -2.10. The Hall–Kier alpha value is -2.27. The van der Waals surface area contributed by atoms with E-state index in [1.165, 1.54) is 10.8 Å². The molecule has 1 heterocycles. The van der Waals surface area contributed by atoms with Gasteiger partial charge < -0.3 is 4.57 Å². The second-order valence-corrected chi connectivity index (χ2v) is 4.25. The highest BCUT2D eigenvalue weighted by Gasteiger charge is 2.08. The number of nitriles is 1. The summed E-state index contributed by atoms with van der Waals surface area (Å²) in [5, 5.41) is 11.3. The monoisotopic (exact) mass is 220 g/mol. The third-order valence-corrected chi connectivity index (χ3v) is 3.10. The molecule has 1 aromatic heterocycles. The number of rotatable bonds is 1. The quantitative estimate of drug-likeness (QED) is 0.722. The Morgan fingerprint density at radius 1 is 1.18 bits per heavy atom. The summed E-state index contributed by atoms with van der Waals surface area (Å²) in [6.45, 7) is 0. The first kappa shape index (κ1) is 9.92. The van der Waals surface area contributed by atoms with E-state index in [-0.39, 0.29) is 5.92 Å². The number of hydrogen-bond donors (Lipinski definition) is 0. The van der Waals surface area contributed by atoms with E-state index >= 15 is 0 Å². The molecule has 1 aliphatic rings. The maximum atomic E-state index is 8.82. The van der Waals surface area contributed by atoms with Crippen LogP contribution in [0.25, 0.3) is 16.5 Å². The smallest absolute Gasteiger partial charge is 0.0700 e. The zero-order valence-electron chi connectivity index (χ0n) is 9.38. The molecule has 1 unspecified atom stereocenters. The van der Waals surface area contributed by atoms with Gasteiger partial charge in [0.25, 0.3) is 0 Å². The Balaban J connectivity index is 1.98. The zero-order valence-corrected chi connectivity index (χ0v) is 9.38. The first-order chi connectivity index (χ1) is 8.36. The largest absolute Gasteiger partial charge is 0.323 e. The highest BCUT2D eigenvalue weighted by Crippen LogP contribution is 2.23. The van der Waals surface area contributed by atoms with Gasteiger partial charge in [0.15, 0.2) is 0 Å². The zero-order chi connectivity index (χ0) is 11.7. The molecule has 2 aromatic rings. The van der Waals surface area contributed by atoms with Crippen LogP contribution in [-0.4, -0.2) is 4.57 Å². The first-order valence-corrected chi connectivity index (χ1v) is 5.72. The fourth-order valence-electron chi connectivity index (χ4n) is 2.13. The standard InChI is InChI=1S/C15H12N2/c16-9-12-5-7-15(8-6-12)17-10-13-3-1-2-4-14(13)11-17/h1-5,7-8,10-12H,6H2. The minimum absolute atomic E-state index is 0.0312. The van der Waals surface area contributed by atoms with Crippen LogP contribution in [0.2, 0.25) is 0 Å². The summed E-state index contributed by atoms with van der Waals surface area (Å²) >= 11 is 0. The van der Waals surface area contributed by atoms with Crippen molar-refractivity contribution in [1.29, 1.82) is 5.26 Å². The molecule has 0 N–H and O–H groups in total. The fraction of sp³-hybridized carbons (Fsp3) is 0.133. The molecule has 82 valence electrons. The number of allylic oxidation sites excluding steroid dienone is 4. The lowest BCUT2D eigenvalue weighted by atomic mass is 10.0. The van der Waals surface area contributed by atoms with Crippen LogP contribution in [0.5, 0.6) is 0 Å². The predicted octanol–water partition coefficient (Wildman–Crippen LogP) is 3.58. The minimum atomic E-state index is 0.0312. The Labute approximate surface area is 100 Å². The third kappa shape index (κ3) is 1.76. The molecule has 0 saturated heterocycles. The van der Waals surface area contributed by atoms with Crippen LogP contribution in [0.4, 0.5) is 0 Å². The van der Waals surface area contributed by atoms with Crippen molar-refractivity contribution >= 4 is 16.5 Å². The summed E-state index contributed by atoms with van der Waals surface area (Å²) in [5.74, 6) is 0.0312. The van der Waals surface area contributed by atoms with Crippen molar-refractivity contribution in [3.8, 4) is 6.07 Å². The molecule has 2 heteroatoms. The van der Waals surface area contributed by atoms with E-state index in [1.807, 2.05) is 24.3 Å². The van der Waals surface area contributed by atoms with Crippen molar-refractivity contribution in [3.05, 3.63) is 54.9 Å². The molecule has 0 saturated carbocycles. The van der Waals surface area contributed by atoms with Crippen LogP contribution in [0.15, 0.2) is 54.9 Å². The van der Waals surface area contributed by atoms with E-state index < -0.39 is 0 Å². The van der Waals surface area contributed by atoms with Gasteiger partial charge in [0.1, 0.15) is 0 Å². The van der Waals surface area contributed by atoms with Crippen LogP contribution in [0.3, 0.4) is 0 Å². The summed E-state index contributed by atoms with van der Waals surface area (Å²) in [7, 11) is 0. The van der Waals surface area contributed by atoms with E-state index in [1.54, 1.807) is 0 Å². The summed E-state index contributed by atoms with van der Waals surface area (Å²) in [5.41, 5.74) is 1.15. The number of hydrogen-bond acceptors (Lipinski definition) is 1. The Bertz CT molecular complexity index is 620. The Morgan fingerprint density at radius 2 is 1.88 bits per heavy atom. The Morgan fingerprint density at radius 3 is 2.41 bits per heavy atom. The second kappa shape index (κ2) is 3.95. The molecule has 1 aliphatic carbocycles. The van der Waals surface area contributed by atoms with Gasteiger partial charge in [-0.2, -0.15) is 5.26 Å². The SMILES string of the molecule is N#CC1C=CC(n2cc3ccccc3c2)=CC1. The molecule has 0 amide bonds. The van der Waals surface area contributed by atoms with E-state index in [4.69, 9.17) is 5.26 Å². The maximum absolute atomic E-state index is 8.82. The van der Waals surface area contributed by atoms with E-state index in [9.17, 15) is 0 Å². The average Bonchev–Trinajstić information content (AvgIpc) is 2.82. The van der Waals surface area contributed by atoms with Crippen molar-refractivity contribution < 1.29 is 0 Å². The van der Waals surface area contributed by atoms with Gasteiger partial charge in [-0.05, 0) is 23.3 Å².